The molecule has 0 radical (unpaired) electrons. The van der Waals surface area contributed by atoms with Crippen molar-refractivity contribution in [1.29, 1.82) is 0 Å². The fourth-order valence-corrected chi connectivity index (χ4v) is 4.35. The predicted molar refractivity (Wildman–Crippen MR) is 134 cm³/mol. The topological polar surface area (TPSA) is 126 Å². The summed E-state index contributed by atoms with van der Waals surface area (Å²) >= 11 is 1.31. The lowest BCUT2D eigenvalue weighted by Gasteiger charge is -2.13. The monoisotopic (exact) mass is 503 g/mol. The summed E-state index contributed by atoms with van der Waals surface area (Å²) in [6.45, 7) is 5.68. The molecule has 0 aliphatic rings. The molecule has 0 aromatic carbocycles. The Morgan fingerprint density at radius 2 is 1.97 bits per heavy atom. The third-order valence-corrected chi connectivity index (χ3v) is 6.35. The largest absolute Gasteiger partial charge is 0.345 e. The molecular weight excluding hydrogens is 481 g/mol. The average molecular weight is 504 g/mol. The number of aromatic nitrogens is 7. The number of H-pyrrole nitrogens is 1. The minimum atomic E-state index is -0.437. The number of carbonyl (C=O) groups excluding carboxylic acids is 1. The lowest BCUT2D eigenvalue weighted by molar-refractivity contribution is 0.0944. The Hall–Kier alpha value is -4.45. The van der Waals surface area contributed by atoms with E-state index in [1.165, 1.54) is 22.2 Å². The maximum Gasteiger partial charge on any atom is 0.261 e. The summed E-state index contributed by atoms with van der Waals surface area (Å²) in [6.07, 6.45) is 4.00. The molecule has 3 N–H and O–H groups in total. The molecule has 0 aliphatic carbocycles. The van der Waals surface area contributed by atoms with Crippen LogP contribution in [0.3, 0.4) is 0 Å². The van der Waals surface area contributed by atoms with Crippen molar-refractivity contribution in [3.05, 3.63) is 82.6 Å². The Morgan fingerprint density at radius 3 is 2.67 bits per heavy atom. The van der Waals surface area contributed by atoms with Crippen LogP contribution in [0, 0.1) is 19.7 Å². The van der Waals surface area contributed by atoms with Crippen molar-refractivity contribution < 1.29 is 9.18 Å². The number of hydrogen-bond donors (Lipinski definition) is 3. The maximum atomic E-state index is 13.2. The van der Waals surface area contributed by atoms with Gasteiger partial charge >= 0.3 is 0 Å². The first-order valence-corrected chi connectivity index (χ1v) is 11.9. The quantitative estimate of drug-likeness (QED) is 0.298. The van der Waals surface area contributed by atoms with Crippen LogP contribution in [0.4, 0.5) is 16.0 Å². The van der Waals surface area contributed by atoms with Crippen LogP contribution in [0.15, 0.2) is 55.0 Å². The van der Waals surface area contributed by atoms with Crippen LogP contribution in [-0.4, -0.2) is 40.8 Å². The van der Waals surface area contributed by atoms with E-state index in [-0.39, 0.29) is 11.9 Å². The van der Waals surface area contributed by atoms with Gasteiger partial charge in [0.05, 0.1) is 28.2 Å². The Kier molecular flexibility index (Phi) is 6.25. The van der Waals surface area contributed by atoms with Crippen molar-refractivity contribution in [2.24, 2.45) is 0 Å². The lowest BCUT2D eigenvalue weighted by Crippen LogP contribution is -2.26. The molecule has 5 aromatic rings. The molecule has 5 aromatic heterocycles. The van der Waals surface area contributed by atoms with E-state index in [2.05, 4.69) is 40.9 Å². The highest BCUT2D eigenvalue weighted by Crippen LogP contribution is 2.28. The first kappa shape index (κ1) is 23.3. The molecule has 0 bridgehead atoms. The predicted octanol–water partition coefficient (Wildman–Crippen LogP) is 4.50. The number of hydrogen-bond acceptors (Lipinski definition) is 8. The normalized spacial score (nSPS) is 11.9. The van der Waals surface area contributed by atoms with E-state index in [9.17, 15) is 9.18 Å². The van der Waals surface area contributed by atoms with E-state index >= 15 is 0 Å². The molecule has 1 atom stereocenters. The molecule has 0 saturated carbocycles. The number of aryl methyl sites for hydroxylation is 2. The third kappa shape index (κ3) is 5.13. The Balaban J connectivity index is 1.27. The van der Waals surface area contributed by atoms with Crippen molar-refractivity contribution in [1.82, 2.24) is 40.2 Å². The van der Waals surface area contributed by atoms with Gasteiger partial charge in [-0.15, -0.1) is 11.3 Å². The van der Waals surface area contributed by atoms with Gasteiger partial charge in [-0.1, -0.05) is 6.07 Å². The van der Waals surface area contributed by atoms with Crippen molar-refractivity contribution in [3.8, 4) is 16.5 Å². The first-order chi connectivity index (χ1) is 17.3. The molecule has 0 saturated heterocycles. The second-order valence-corrected chi connectivity index (χ2v) is 9.28. The summed E-state index contributed by atoms with van der Waals surface area (Å²) in [5.41, 5.74) is 2.53. The second kappa shape index (κ2) is 9.66. The highest BCUT2D eigenvalue weighted by Gasteiger charge is 2.16. The van der Waals surface area contributed by atoms with Crippen molar-refractivity contribution >= 4 is 28.9 Å². The van der Waals surface area contributed by atoms with Crippen LogP contribution >= 0.6 is 11.3 Å². The number of nitrogens with one attached hydrogen (secondary N) is 3. The van der Waals surface area contributed by atoms with E-state index in [0.717, 1.165) is 28.0 Å². The molecule has 0 fully saturated rings. The number of anilines is 2. The number of pyridine rings is 1. The molecule has 0 spiro atoms. The summed E-state index contributed by atoms with van der Waals surface area (Å²) in [5, 5.41) is 17.1. The molecule has 1 amide bonds. The minimum absolute atomic E-state index is 0.213. The van der Waals surface area contributed by atoms with E-state index < -0.39 is 5.82 Å². The third-order valence-electron chi connectivity index (χ3n) is 5.27. The lowest BCUT2D eigenvalue weighted by atomic mass is 10.1. The van der Waals surface area contributed by atoms with E-state index in [0.29, 0.717) is 28.2 Å². The fourth-order valence-electron chi connectivity index (χ4n) is 3.50. The van der Waals surface area contributed by atoms with E-state index in [1.807, 2.05) is 45.0 Å². The molecule has 12 heteroatoms. The van der Waals surface area contributed by atoms with Gasteiger partial charge in [0.15, 0.2) is 23.3 Å². The average Bonchev–Trinajstić information content (AvgIpc) is 3.60. The Bertz CT molecular complexity index is 1520. The van der Waals surface area contributed by atoms with Gasteiger partial charge in [0.25, 0.3) is 5.91 Å². The molecule has 182 valence electrons. The highest BCUT2D eigenvalue weighted by atomic mass is 32.1. The standard InChI is InChI=1S/C24H22FN9OS/c1-13-8-20(30-21-9-14(2)32-33-21)31-23(28-13)18-5-6-19(36-18)24(35)29-15(3)16-4-7-22(26-10-16)34-12-17(25)11-27-34/h4-12,15H,1-3H3,(H,29,35)(H2,28,30,31,32,33)/t15-/m0/s1. The van der Waals surface area contributed by atoms with Gasteiger partial charge in [0.1, 0.15) is 5.82 Å². The van der Waals surface area contributed by atoms with Crippen LogP contribution in [0.2, 0.25) is 0 Å². The van der Waals surface area contributed by atoms with Gasteiger partial charge in [0, 0.05) is 29.7 Å². The molecule has 5 rings (SSSR count). The molecule has 0 unspecified atom stereocenters. The molecule has 36 heavy (non-hydrogen) atoms. The number of thiophene rings is 1. The van der Waals surface area contributed by atoms with E-state index in [4.69, 9.17) is 0 Å². The summed E-state index contributed by atoms with van der Waals surface area (Å²) in [4.78, 5) is 27.6. The zero-order valence-corrected chi connectivity index (χ0v) is 20.5. The van der Waals surface area contributed by atoms with Crippen LogP contribution < -0.4 is 10.6 Å². The Morgan fingerprint density at radius 1 is 1.11 bits per heavy atom. The van der Waals surface area contributed by atoms with Crippen LogP contribution in [0.5, 0.6) is 0 Å². The van der Waals surface area contributed by atoms with E-state index in [1.54, 1.807) is 18.3 Å². The van der Waals surface area contributed by atoms with Gasteiger partial charge in [-0.25, -0.2) is 24.0 Å². The van der Waals surface area contributed by atoms with Gasteiger partial charge in [0.2, 0.25) is 0 Å². The van der Waals surface area contributed by atoms with Crippen molar-refractivity contribution in [2.75, 3.05) is 5.32 Å². The van der Waals surface area contributed by atoms with Crippen LogP contribution in [0.1, 0.15) is 39.6 Å². The summed E-state index contributed by atoms with van der Waals surface area (Å²) in [7, 11) is 0. The second-order valence-electron chi connectivity index (χ2n) is 8.19. The number of carbonyl (C=O) groups is 1. The van der Waals surface area contributed by atoms with Gasteiger partial charge < -0.3 is 10.6 Å². The molecule has 0 aliphatic heterocycles. The van der Waals surface area contributed by atoms with Gasteiger partial charge in [-0.3, -0.25) is 9.89 Å². The molecule has 10 nitrogen and oxygen atoms in total. The zero-order valence-electron chi connectivity index (χ0n) is 19.7. The highest BCUT2D eigenvalue weighted by molar-refractivity contribution is 7.17. The first-order valence-electron chi connectivity index (χ1n) is 11.1. The summed E-state index contributed by atoms with van der Waals surface area (Å²) < 4.78 is 14.5. The number of nitrogens with zero attached hydrogens (tertiary/aromatic N) is 6. The smallest absolute Gasteiger partial charge is 0.261 e. The number of halogens is 1. The van der Waals surface area contributed by atoms with Crippen molar-refractivity contribution in [3.63, 3.8) is 0 Å². The zero-order chi connectivity index (χ0) is 25.2. The van der Waals surface area contributed by atoms with Crippen LogP contribution in [-0.2, 0) is 0 Å². The fraction of sp³-hybridized carbons (Fsp3) is 0.167. The summed E-state index contributed by atoms with van der Waals surface area (Å²) in [6, 6.07) is 10.6. The van der Waals surface area contributed by atoms with Gasteiger partial charge in [-0.05, 0) is 44.5 Å². The van der Waals surface area contributed by atoms with Crippen LogP contribution in [0.25, 0.3) is 16.5 Å². The summed E-state index contributed by atoms with van der Waals surface area (Å²) in [5.74, 6) is 1.64. The number of amides is 1. The molecule has 5 heterocycles. The number of aromatic amines is 1. The maximum absolute atomic E-state index is 13.2. The van der Waals surface area contributed by atoms with Gasteiger partial charge in [-0.2, -0.15) is 10.2 Å². The number of rotatable bonds is 7. The SMILES string of the molecule is Cc1cc(Nc2cc(C)[nH]n2)nc(-c2ccc(C(=O)N[C@@H](C)c3ccc(-n4cc(F)cn4)nc3)s2)n1. The molecular formula is C24H22FN9OS. The Labute approximate surface area is 209 Å². The minimum Gasteiger partial charge on any atom is -0.345 e. The van der Waals surface area contributed by atoms with Crippen molar-refractivity contribution in [2.45, 2.75) is 26.8 Å².